The van der Waals surface area contributed by atoms with Crippen LogP contribution in [-0.4, -0.2) is 50.1 Å². The number of esters is 1. The summed E-state index contributed by atoms with van der Waals surface area (Å²) < 4.78 is 37.3. The molecule has 2 aromatic carbocycles. The molecule has 2 aromatic rings. The molecule has 0 aliphatic carbocycles. The van der Waals surface area contributed by atoms with Crippen LogP contribution in [0.15, 0.2) is 48.5 Å². The largest absolute Gasteiger partial charge is 0.461 e. The van der Waals surface area contributed by atoms with E-state index in [1.807, 2.05) is 49.3 Å². The summed E-state index contributed by atoms with van der Waals surface area (Å²) in [6, 6.07) is 12.7. The van der Waals surface area contributed by atoms with Gasteiger partial charge in [-0.05, 0) is 38.6 Å². The number of likely N-dealkylation sites (N-methyl/N-ethyl adjacent to an activating group) is 1. The number of unbranched alkanes of at least 4 members (excludes halogenated alkanes) is 4. The van der Waals surface area contributed by atoms with Crippen LogP contribution in [0.1, 0.15) is 56.1 Å². The van der Waals surface area contributed by atoms with Gasteiger partial charge in [-0.3, -0.25) is 9.59 Å². The number of hydrogen-bond acceptors (Lipinski definition) is 5. The van der Waals surface area contributed by atoms with Gasteiger partial charge >= 0.3 is 5.97 Å². The molecule has 0 unspecified atom stereocenters. The molecule has 1 amide bonds. The van der Waals surface area contributed by atoms with Gasteiger partial charge in [0.1, 0.15) is 18.2 Å². The summed E-state index contributed by atoms with van der Waals surface area (Å²) in [6.45, 7) is 1.40. The van der Waals surface area contributed by atoms with Gasteiger partial charge in [0.25, 0.3) is 0 Å². The van der Waals surface area contributed by atoms with Crippen LogP contribution in [0.4, 0.5) is 8.78 Å². The van der Waals surface area contributed by atoms with Gasteiger partial charge in [-0.25, -0.2) is 8.78 Å². The Balaban J connectivity index is 1.55. The van der Waals surface area contributed by atoms with Crippen LogP contribution in [0.3, 0.4) is 0 Å². The van der Waals surface area contributed by atoms with E-state index in [4.69, 9.17) is 9.47 Å². The minimum absolute atomic E-state index is 0.0673. The van der Waals surface area contributed by atoms with Crippen molar-refractivity contribution < 1.29 is 27.8 Å². The zero-order valence-corrected chi connectivity index (χ0v) is 21.3. The molecule has 0 saturated heterocycles. The number of halogens is 2. The number of carbonyl (C=O) groups excluding carboxylic acids is 2. The van der Waals surface area contributed by atoms with Crippen LogP contribution >= 0.6 is 0 Å². The highest BCUT2D eigenvalue weighted by atomic mass is 19.1. The average molecular weight is 505 g/mol. The third kappa shape index (κ3) is 12.7. The fourth-order valence-corrected chi connectivity index (χ4v) is 3.74. The maximum atomic E-state index is 13.6. The lowest BCUT2D eigenvalue weighted by Crippen LogP contribution is -2.43. The maximum Gasteiger partial charge on any atom is 0.308 e. The van der Waals surface area contributed by atoms with Gasteiger partial charge in [-0.15, -0.1) is 0 Å². The van der Waals surface area contributed by atoms with Crippen LogP contribution in [0.25, 0.3) is 0 Å². The number of rotatable bonds is 17. The van der Waals surface area contributed by atoms with Gasteiger partial charge in [0, 0.05) is 31.2 Å². The second kappa shape index (κ2) is 16.8. The van der Waals surface area contributed by atoms with Crippen molar-refractivity contribution in [2.45, 2.75) is 64.2 Å². The molecule has 2 rings (SSSR count). The van der Waals surface area contributed by atoms with E-state index in [0.717, 1.165) is 43.7 Å². The van der Waals surface area contributed by atoms with Crippen molar-refractivity contribution in [3.8, 4) is 0 Å². The van der Waals surface area contributed by atoms with Crippen molar-refractivity contribution in [3.05, 3.63) is 71.3 Å². The van der Waals surface area contributed by atoms with Crippen LogP contribution in [0.5, 0.6) is 0 Å². The van der Waals surface area contributed by atoms with Crippen molar-refractivity contribution in [2.75, 3.05) is 27.2 Å². The van der Waals surface area contributed by atoms with E-state index in [9.17, 15) is 18.4 Å². The molecule has 1 atom stereocenters. The second-order valence-electron chi connectivity index (χ2n) is 9.18. The van der Waals surface area contributed by atoms with E-state index in [1.54, 1.807) is 0 Å². The lowest BCUT2D eigenvalue weighted by atomic mass is 10.1. The molecule has 0 spiro atoms. The summed E-state index contributed by atoms with van der Waals surface area (Å²) in [5, 5.41) is 2.96. The predicted octanol–water partition coefficient (Wildman–Crippen LogP) is 5.00. The molecule has 0 aromatic heterocycles. The summed E-state index contributed by atoms with van der Waals surface area (Å²) >= 11 is 0. The number of ether oxygens (including phenoxy) is 2. The van der Waals surface area contributed by atoms with Gasteiger partial charge in [0.15, 0.2) is 0 Å². The van der Waals surface area contributed by atoms with E-state index < -0.39 is 11.6 Å². The molecule has 36 heavy (non-hydrogen) atoms. The third-order valence-electron chi connectivity index (χ3n) is 5.57. The molecule has 8 heteroatoms. The number of nitrogens with one attached hydrogen (secondary N) is 1. The second-order valence-corrected chi connectivity index (χ2v) is 9.18. The highest BCUT2D eigenvalue weighted by Gasteiger charge is 2.18. The Hall–Kier alpha value is -2.84. The minimum atomic E-state index is -0.598. The fraction of sp³-hybridized carbons (Fsp3) is 0.500. The van der Waals surface area contributed by atoms with Gasteiger partial charge in [-0.1, -0.05) is 55.7 Å². The van der Waals surface area contributed by atoms with Crippen molar-refractivity contribution in [1.82, 2.24) is 10.2 Å². The van der Waals surface area contributed by atoms with E-state index >= 15 is 0 Å². The molecular weight excluding hydrogens is 466 g/mol. The number of hydrogen-bond donors (Lipinski definition) is 1. The van der Waals surface area contributed by atoms with Gasteiger partial charge in [0.05, 0.1) is 19.1 Å². The zero-order chi connectivity index (χ0) is 26.2. The predicted molar refractivity (Wildman–Crippen MR) is 135 cm³/mol. The van der Waals surface area contributed by atoms with Gasteiger partial charge in [-0.2, -0.15) is 0 Å². The van der Waals surface area contributed by atoms with Gasteiger partial charge < -0.3 is 19.7 Å². The molecule has 0 aliphatic rings. The molecule has 0 radical (unpaired) electrons. The Morgan fingerprint density at radius 2 is 1.67 bits per heavy atom. The Labute approximate surface area is 213 Å². The Morgan fingerprint density at radius 3 is 2.39 bits per heavy atom. The van der Waals surface area contributed by atoms with Crippen LogP contribution in [0, 0.1) is 11.6 Å². The average Bonchev–Trinajstić information content (AvgIpc) is 2.83. The molecule has 1 N–H and O–H groups in total. The highest BCUT2D eigenvalue weighted by Crippen LogP contribution is 2.12. The minimum Gasteiger partial charge on any atom is -0.461 e. The van der Waals surface area contributed by atoms with E-state index in [2.05, 4.69) is 5.32 Å². The maximum absolute atomic E-state index is 13.6. The SMILES string of the molecule is CN(C)C[C@@H](CC(=O)OCc1ccccc1)NC(=O)CCCCCCCOCc1ccc(F)cc1F. The molecule has 198 valence electrons. The summed E-state index contributed by atoms with van der Waals surface area (Å²) in [5.41, 5.74) is 1.27. The van der Waals surface area contributed by atoms with Crippen molar-refractivity contribution >= 4 is 11.9 Å². The van der Waals surface area contributed by atoms with Crippen LogP contribution in [0.2, 0.25) is 0 Å². The quantitative estimate of drug-likeness (QED) is 0.243. The molecule has 0 heterocycles. The summed E-state index contributed by atoms with van der Waals surface area (Å²) in [5.74, 6) is -1.59. The molecular formula is C28H38F2N2O4. The Bertz CT molecular complexity index is 925. The standard InChI is InChI=1S/C28H38F2N2O4/c1-32(2)19-25(18-28(34)36-20-22-11-7-6-8-12-22)31-27(33)13-9-4-3-5-10-16-35-21-23-14-15-24(29)17-26(23)30/h6-8,11-12,14-15,17,25H,3-5,9-10,13,16,18-21H2,1-2H3,(H,31,33)/t25-/m1/s1. The zero-order valence-electron chi connectivity index (χ0n) is 21.3. The summed E-state index contributed by atoms with van der Waals surface area (Å²) in [7, 11) is 3.79. The monoisotopic (exact) mass is 504 g/mol. The van der Waals surface area contributed by atoms with E-state index in [0.29, 0.717) is 25.1 Å². The van der Waals surface area contributed by atoms with Crippen LogP contribution < -0.4 is 5.32 Å². The Morgan fingerprint density at radius 1 is 0.944 bits per heavy atom. The van der Waals surface area contributed by atoms with Gasteiger partial charge in [0.2, 0.25) is 5.91 Å². The fourth-order valence-electron chi connectivity index (χ4n) is 3.74. The van der Waals surface area contributed by atoms with Crippen molar-refractivity contribution in [3.63, 3.8) is 0 Å². The summed E-state index contributed by atoms with van der Waals surface area (Å²) in [4.78, 5) is 26.6. The molecule has 6 nitrogen and oxygen atoms in total. The van der Waals surface area contributed by atoms with E-state index in [-0.39, 0.29) is 37.6 Å². The number of carbonyl (C=O) groups is 2. The number of amides is 1. The molecule has 0 fully saturated rings. The lowest BCUT2D eigenvalue weighted by molar-refractivity contribution is -0.145. The first kappa shape index (κ1) is 29.4. The first-order chi connectivity index (χ1) is 17.3. The molecule has 0 bridgehead atoms. The summed E-state index contributed by atoms with van der Waals surface area (Å²) in [6.07, 6.45) is 4.96. The molecule has 0 aliphatic heterocycles. The third-order valence-corrected chi connectivity index (χ3v) is 5.57. The topological polar surface area (TPSA) is 67.9 Å². The highest BCUT2D eigenvalue weighted by molar-refractivity contribution is 5.77. The smallest absolute Gasteiger partial charge is 0.308 e. The number of benzene rings is 2. The van der Waals surface area contributed by atoms with Crippen molar-refractivity contribution in [2.24, 2.45) is 0 Å². The van der Waals surface area contributed by atoms with Crippen LogP contribution in [-0.2, 0) is 32.3 Å². The number of nitrogens with zero attached hydrogens (tertiary/aromatic N) is 1. The molecule has 0 saturated carbocycles. The normalized spacial score (nSPS) is 11.9. The first-order valence-electron chi connectivity index (χ1n) is 12.5. The Kier molecular flexibility index (Phi) is 13.7. The van der Waals surface area contributed by atoms with E-state index in [1.165, 1.54) is 12.1 Å². The van der Waals surface area contributed by atoms with Crippen molar-refractivity contribution in [1.29, 1.82) is 0 Å². The first-order valence-corrected chi connectivity index (χ1v) is 12.5. The lowest BCUT2D eigenvalue weighted by Gasteiger charge is -2.22.